The first-order valence-electron chi connectivity index (χ1n) is 8.83. The average Bonchev–Trinajstić information content (AvgIpc) is 2.50. The summed E-state index contributed by atoms with van der Waals surface area (Å²) in [5.74, 6) is 1.16. The maximum atomic E-state index is 12.6. The molecular weight excluding hydrogens is 304 g/mol. The molecule has 2 rings (SSSR count). The van der Waals surface area contributed by atoms with Crippen LogP contribution in [0.4, 0.5) is 5.95 Å². The lowest BCUT2D eigenvalue weighted by Crippen LogP contribution is -2.42. The molecule has 6 nitrogen and oxygen atoms in total. The highest BCUT2D eigenvalue weighted by Gasteiger charge is 2.28. The van der Waals surface area contributed by atoms with Crippen molar-refractivity contribution in [1.29, 1.82) is 0 Å². The van der Waals surface area contributed by atoms with Crippen molar-refractivity contribution in [2.45, 2.75) is 59.5 Å². The van der Waals surface area contributed by atoms with Crippen LogP contribution in [0.15, 0.2) is 0 Å². The molecule has 6 heteroatoms. The fourth-order valence-electron chi connectivity index (χ4n) is 3.49. The van der Waals surface area contributed by atoms with Crippen LogP contribution in [0.3, 0.4) is 0 Å². The third-order valence-electron chi connectivity index (χ3n) is 4.92. The van der Waals surface area contributed by atoms with E-state index < -0.39 is 0 Å². The second-order valence-electron chi connectivity index (χ2n) is 7.32. The number of piperidine rings is 1. The number of aryl methyl sites for hydroxylation is 2. The summed E-state index contributed by atoms with van der Waals surface area (Å²) in [7, 11) is 0. The van der Waals surface area contributed by atoms with Crippen molar-refractivity contribution >= 4 is 11.9 Å². The smallest absolute Gasteiger partial charge is 0.227 e. The van der Waals surface area contributed by atoms with Gasteiger partial charge in [-0.15, -0.1) is 0 Å². The number of nitrogens with zero attached hydrogens (tertiary/aromatic N) is 3. The van der Waals surface area contributed by atoms with Crippen molar-refractivity contribution in [1.82, 2.24) is 14.9 Å². The first-order chi connectivity index (χ1) is 11.3. The van der Waals surface area contributed by atoms with Crippen LogP contribution in [0.5, 0.6) is 0 Å². The van der Waals surface area contributed by atoms with Crippen LogP contribution >= 0.6 is 0 Å². The second kappa shape index (κ2) is 7.92. The van der Waals surface area contributed by atoms with Gasteiger partial charge in [0.25, 0.3) is 0 Å². The lowest BCUT2D eigenvalue weighted by Gasteiger charge is -2.35. The van der Waals surface area contributed by atoms with Gasteiger partial charge in [0.05, 0.1) is 12.5 Å². The molecule has 3 N–H and O–H groups in total. The Bertz CT molecular complexity index is 557. The van der Waals surface area contributed by atoms with E-state index in [0.717, 1.165) is 36.2 Å². The predicted octanol–water partition coefficient (Wildman–Crippen LogP) is 1.86. The van der Waals surface area contributed by atoms with Gasteiger partial charge in [-0.3, -0.25) is 4.79 Å². The van der Waals surface area contributed by atoms with Gasteiger partial charge in [0.1, 0.15) is 0 Å². The van der Waals surface area contributed by atoms with E-state index in [4.69, 9.17) is 5.73 Å². The lowest BCUT2D eigenvalue weighted by atomic mass is 9.87. The van der Waals surface area contributed by atoms with Crippen molar-refractivity contribution in [2.75, 3.05) is 18.8 Å². The molecule has 1 aromatic rings. The first kappa shape index (κ1) is 18.6. The van der Waals surface area contributed by atoms with Crippen molar-refractivity contribution < 1.29 is 9.90 Å². The Hall–Kier alpha value is -1.69. The van der Waals surface area contributed by atoms with Gasteiger partial charge in [0.15, 0.2) is 0 Å². The molecule has 0 saturated carbocycles. The fraction of sp³-hybridized carbons (Fsp3) is 0.722. The summed E-state index contributed by atoms with van der Waals surface area (Å²) in [6, 6.07) is 0. The van der Waals surface area contributed by atoms with E-state index in [1.165, 1.54) is 0 Å². The van der Waals surface area contributed by atoms with Gasteiger partial charge < -0.3 is 15.7 Å². The zero-order chi connectivity index (χ0) is 17.9. The minimum absolute atomic E-state index is 0.103. The summed E-state index contributed by atoms with van der Waals surface area (Å²) in [6.07, 6.45) is 2.64. The molecule has 0 bridgehead atoms. The van der Waals surface area contributed by atoms with Crippen molar-refractivity contribution in [3.8, 4) is 0 Å². The number of aliphatic hydroxyl groups excluding tert-OH is 1. The highest BCUT2D eigenvalue weighted by atomic mass is 16.3. The van der Waals surface area contributed by atoms with E-state index in [0.29, 0.717) is 31.3 Å². The molecule has 0 aromatic carbocycles. The number of aliphatic hydroxyl groups is 1. The van der Waals surface area contributed by atoms with E-state index in [9.17, 15) is 9.90 Å². The second-order valence-corrected chi connectivity index (χ2v) is 7.32. The van der Waals surface area contributed by atoms with Crippen LogP contribution < -0.4 is 5.73 Å². The fourth-order valence-corrected chi connectivity index (χ4v) is 3.49. The number of anilines is 1. The summed E-state index contributed by atoms with van der Waals surface area (Å²) in [6.45, 7) is 9.41. The Labute approximate surface area is 144 Å². The number of nitrogens with two attached hydrogens (primary N) is 1. The predicted molar refractivity (Wildman–Crippen MR) is 94.4 cm³/mol. The normalized spacial score (nSPS) is 17.3. The Balaban J connectivity index is 1.92. The molecule has 1 fully saturated rings. The highest BCUT2D eigenvalue weighted by Crippen LogP contribution is 2.25. The zero-order valence-electron chi connectivity index (χ0n) is 15.2. The molecule has 1 unspecified atom stereocenters. The summed E-state index contributed by atoms with van der Waals surface area (Å²) in [5.41, 5.74) is 8.06. The van der Waals surface area contributed by atoms with Gasteiger partial charge >= 0.3 is 0 Å². The number of rotatable bonds is 5. The number of hydrogen-bond acceptors (Lipinski definition) is 5. The van der Waals surface area contributed by atoms with Gasteiger partial charge in [0.2, 0.25) is 11.9 Å². The van der Waals surface area contributed by atoms with E-state index in [-0.39, 0.29) is 18.0 Å². The van der Waals surface area contributed by atoms with Crippen molar-refractivity contribution in [2.24, 2.45) is 11.8 Å². The zero-order valence-corrected chi connectivity index (χ0v) is 15.2. The van der Waals surface area contributed by atoms with Crippen LogP contribution in [0.2, 0.25) is 0 Å². The molecule has 1 aliphatic rings. The van der Waals surface area contributed by atoms with Crippen LogP contribution in [0.25, 0.3) is 0 Å². The monoisotopic (exact) mass is 334 g/mol. The van der Waals surface area contributed by atoms with Gasteiger partial charge in [0, 0.05) is 30.0 Å². The van der Waals surface area contributed by atoms with Crippen molar-refractivity contribution in [3.63, 3.8) is 0 Å². The molecule has 134 valence electrons. The molecule has 1 aliphatic heterocycles. The van der Waals surface area contributed by atoms with Crippen molar-refractivity contribution in [3.05, 3.63) is 17.0 Å². The lowest BCUT2D eigenvalue weighted by molar-refractivity contribution is -0.132. The number of hydrogen-bond donors (Lipinski definition) is 2. The largest absolute Gasteiger partial charge is 0.393 e. The van der Waals surface area contributed by atoms with E-state index >= 15 is 0 Å². The molecular formula is C18H30N4O2. The number of carbonyl (C=O) groups excluding carboxylic acids is 1. The molecule has 1 saturated heterocycles. The summed E-state index contributed by atoms with van der Waals surface area (Å²) < 4.78 is 0. The Morgan fingerprint density at radius 3 is 2.29 bits per heavy atom. The summed E-state index contributed by atoms with van der Waals surface area (Å²) in [4.78, 5) is 22.8. The van der Waals surface area contributed by atoms with Gasteiger partial charge in [-0.25, -0.2) is 9.97 Å². The van der Waals surface area contributed by atoms with E-state index in [1.807, 2.05) is 18.7 Å². The average molecular weight is 334 g/mol. The number of likely N-dealkylation sites (tertiary alicyclic amines) is 1. The minimum Gasteiger partial charge on any atom is -0.393 e. The van der Waals surface area contributed by atoms with Crippen LogP contribution in [0, 0.1) is 25.7 Å². The molecule has 2 heterocycles. The van der Waals surface area contributed by atoms with Crippen LogP contribution in [0.1, 0.15) is 50.1 Å². The molecule has 1 amide bonds. The Kier molecular flexibility index (Phi) is 6.15. The third kappa shape index (κ3) is 4.66. The molecule has 0 spiro atoms. The third-order valence-corrected chi connectivity index (χ3v) is 4.92. The minimum atomic E-state index is -0.253. The Morgan fingerprint density at radius 1 is 1.25 bits per heavy atom. The standard InChI is InChI=1S/C18H30N4O2/c1-11(2)9-16(23)14-5-7-22(8-6-14)17(24)10-15-12(3)20-18(19)21-13(15)4/h11,14,16,23H,5-10H2,1-4H3,(H2,19,20,21). The topological polar surface area (TPSA) is 92.3 Å². The van der Waals surface area contributed by atoms with Crippen LogP contribution in [-0.4, -0.2) is 45.1 Å². The van der Waals surface area contributed by atoms with E-state index in [2.05, 4.69) is 23.8 Å². The quantitative estimate of drug-likeness (QED) is 0.857. The summed E-state index contributed by atoms with van der Waals surface area (Å²) >= 11 is 0. The van der Waals surface area contributed by atoms with Gasteiger partial charge in [-0.2, -0.15) is 0 Å². The summed E-state index contributed by atoms with van der Waals surface area (Å²) in [5, 5.41) is 10.3. The maximum absolute atomic E-state index is 12.6. The first-order valence-corrected chi connectivity index (χ1v) is 8.83. The Morgan fingerprint density at radius 2 is 1.79 bits per heavy atom. The van der Waals surface area contributed by atoms with Gasteiger partial charge in [-0.05, 0) is 44.9 Å². The molecule has 0 aliphatic carbocycles. The number of carbonyl (C=O) groups is 1. The maximum Gasteiger partial charge on any atom is 0.227 e. The molecule has 0 radical (unpaired) electrons. The molecule has 1 atom stereocenters. The number of aromatic nitrogens is 2. The SMILES string of the molecule is Cc1nc(N)nc(C)c1CC(=O)N1CCC(C(O)CC(C)C)CC1. The van der Waals surface area contributed by atoms with E-state index in [1.54, 1.807) is 0 Å². The molecule has 24 heavy (non-hydrogen) atoms. The number of nitrogen functional groups attached to an aromatic ring is 1. The highest BCUT2D eigenvalue weighted by molar-refractivity contribution is 5.79. The van der Waals surface area contributed by atoms with Crippen LogP contribution in [-0.2, 0) is 11.2 Å². The molecule has 1 aromatic heterocycles. The number of amides is 1. The van der Waals surface area contributed by atoms with Gasteiger partial charge in [-0.1, -0.05) is 13.8 Å².